The molecule has 3 rings (SSSR count). The summed E-state index contributed by atoms with van der Waals surface area (Å²) in [5, 5.41) is 1.35. The minimum absolute atomic E-state index is 0.229. The standard InChI is InChI=1S/C13H16N2S/c1-8-12-10(13(6-7-13)9(2)14)4-3-5-11(12)16-15-8/h3-5,9H,6-7,14H2,1-2H3. The molecule has 16 heavy (non-hydrogen) atoms. The van der Waals surface area contributed by atoms with Crippen LogP contribution in [0.1, 0.15) is 31.0 Å². The lowest BCUT2D eigenvalue weighted by atomic mass is 9.87. The Labute approximate surface area is 99.6 Å². The van der Waals surface area contributed by atoms with E-state index in [-0.39, 0.29) is 11.5 Å². The van der Waals surface area contributed by atoms with Gasteiger partial charge in [-0.2, -0.15) is 4.37 Å². The van der Waals surface area contributed by atoms with Crippen LogP contribution in [-0.4, -0.2) is 10.4 Å². The lowest BCUT2D eigenvalue weighted by Gasteiger charge is -2.21. The van der Waals surface area contributed by atoms with Crippen molar-refractivity contribution < 1.29 is 0 Å². The third-order valence-electron chi connectivity index (χ3n) is 3.87. The van der Waals surface area contributed by atoms with Gasteiger partial charge in [0.2, 0.25) is 0 Å². The van der Waals surface area contributed by atoms with Gasteiger partial charge in [0.05, 0.1) is 10.4 Å². The van der Waals surface area contributed by atoms with Crippen molar-refractivity contribution in [1.82, 2.24) is 4.37 Å². The molecule has 1 aromatic carbocycles. The van der Waals surface area contributed by atoms with Gasteiger partial charge in [-0.3, -0.25) is 0 Å². The van der Waals surface area contributed by atoms with Crippen LogP contribution in [0.25, 0.3) is 10.1 Å². The van der Waals surface area contributed by atoms with E-state index in [0.29, 0.717) is 0 Å². The van der Waals surface area contributed by atoms with E-state index < -0.39 is 0 Å². The molecule has 2 nitrogen and oxygen atoms in total. The Bertz CT molecular complexity index is 538. The molecule has 3 heteroatoms. The predicted octanol–water partition coefficient (Wildman–Crippen LogP) is 2.98. The molecule has 0 saturated heterocycles. The second-order valence-corrected chi connectivity index (χ2v) is 5.70. The number of aryl methyl sites for hydroxylation is 1. The van der Waals surface area contributed by atoms with E-state index in [1.807, 2.05) is 0 Å². The summed E-state index contributed by atoms with van der Waals surface area (Å²) in [5.74, 6) is 0. The van der Waals surface area contributed by atoms with Gasteiger partial charge < -0.3 is 5.73 Å². The second kappa shape index (κ2) is 3.28. The van der Waals surface area contributed by atoms with Crippen molar-refractivity contribution in [2.24, 2.45) is 5.73 Å². The number of hydrogen-bond acceptors (Lipinski definition) is 3. The van der Waals surface area contributed by atoms with E-state index in [0.717, 1.165) is 5.69 Å². The van der Waals surface area contributed by atoms with Crippen LogP contribution in [0.2, 0.25) is 0 Å². The molecule has 1 unspecified atom stereocenters. The number of nitrogens with two attached hydrogens (primary N) is 1. The fourth-order valence-corrected chi connectivity index (χ4v) is 3.48. The Morgan fingerprint density at radius 3 is 2.81 bits per heavy atom. The van der Waals surface area contributed by atoms with Crippen molar-refractivity contribution >= 4 is 21.6 Å². The highest BCUT2D eigenvalue weighted by Gasteiger charge is 2.48. The number of rotatable bonds is 2. The van der Waals surface area contributed by atoms with Crippen LogP contribution >= 0.6 is 11.5 Å². The fraction of sp³-hybridized carbons (Fsp3) is 0.462. The van der Waals surface area contributed by atoms with Crippen LogP contribution in [0.3, 0.4) is 0 Å². The van der Waals surface area contributed by atoms with Crippen molar-refractivity contribution in [3.05, 3.63) is 29.5 Å². The summed E-state index contributed by atoms with van der Waals surface area (Å²) in [6, 6.07) is 6.76. The maximum atomic E-state index is 6.16. The fourth-order valence-electron chi connectivity index (χ4n) is 2.66. The maximum absolute atomic E-state index is 6.16. The van der Waals surface area contributed by atoms with Gasteiger partial charge in [0.25, 0.3) is 0 Å². The number of hydrogen-bond donors (Lipinski definition) is 1. The van der Waals surface area contributed by atoms with E-state index in [9.17, 15) is 0 Å². The topological polar surface area (TPSA) is 38.9 Å². The van der Waals surface area contributed by atoms with Crippen LogP contribution in [0.15, 0.2) is 18.2 Å². The molecule has 1 atom stereocenters. The van der Waals surface area contributed by atoms with Gasteiger partial charge in [-0.05, 0) is 49.9 Å². The Hall–Kier alpha value is -0.930. The number of aromatic nitrogens is 1. The Kier molecular flexibility index (Phi) is 2.10. The second-order valence-electron chi connectivity index (χ2n) is 4.89. The molecule has 1 heterocycles. The first-order chi connectivity index (χ1) is 7.65. The molecular formula is C13H16N2S. The minimum Gasteiger partial charge on any atom is -0.327 e. The lowest BCUT2D eigenvalue weighted by molar-refractivity contribution is 0.560. The molecule has 2 aromatic rings. The predicted molar refractivity (Wildman–Crippen MR) is 68.9 cm³/mol. The van der Waals surface area contributed by atoms with Gasteiger partial charge >= 0.3 is 0 Å². The van der Waals surface area contributed by atoms with E-state index in [2.05, 4.69) is 36.4 Å². The zero-order chi connectivity index (χ0) is 11.3. The van der Waals surface area contributed by atoms with Crippen LogP contribution in [0.4, 0.5) is 0 Å². The van der Waals surface area contributed by atoms with Gasteiger partial charge in [0.15, 0.2) is 0 Å². The van der Waals surface area contributed by atoms with Gasteiger partial charge in [-0.15, -0.1) is 0 Å². The molecule has 1 aliphatic carbocycles. The zero-order valence-electron chi connectivity index (χ0n) is 9.66. The van der Waals surface area contributed by atoms with Gasteiger partial charge in [-0.25, -0.2) is 0 Å². The third-order valence-corrected chi connectivity index (χ3v) is 4.77. The summed E-state index contributed by atoms with van der Waals surface area (Å²) in [4.78, 5) is 0. The van der Waals surface area contributed by atoms with Gasteiger partial charge in [0.1, 0.15) is 0 Å². The molecule has 0 aliphatic heterocycles. The molecule has 84 valence electrons. The number of benzene rings is 1. The first kappa shape index (κ1) is 10.2. The van der Waals surface area contributed by atoms with Crippen molar-refractivity contribution in [3.8, 4) is 0 Å². The normalized spacial score (nSPS) is 19.9. The number of fused-ring (bicyclic) bond motifs is 1. The van der Waals surface area contributed by atoms with E-state index in [4.69, 9.17) is 5.73 Å². The first-order valence-electron chi connectivity index (χ1n) is 5.76. The van der Waals surface area contributed by atoms with Crippen LogP contribution < -0.4 is 5.73 Å². The molecular weight excluding hydrogens is 216 g/mol. The average Bonchev–Trinajstić information content (AvgIpc) is 3.00. The van der Waals surface area contributed by atoms with Crippen LogP contribution in [0, 0.1) is 6.92 Å². The molecule has 1 saturated carbocycles. The van der Waals surface area contributed by atoms with Crippen molar-refractivity contribution in [1.29, 1.82) is 0 Å². The highest BCUT2D eigenvalue weighted by Crippen LogP contribution is 2.52. The van der Waals surface area contributed by atoms with Crippen molar-refractivity contribution in [2.75, 3.05) is 0 Å². The highest BCUT2D eigenvalue weighted by molar-refractivity contribution is 7.13. The van der Waals surface area contributed by atoms with Crippen molar-refractivity contribution in [3.63, 3.8) is 0 Å². The molecule has 0 spiro atoms. The quantitative estimate of drug-likeness (QED) is 0.864. The minimum atomic E-state index is 0.229. The van der Waals surface area contributed by atoms with Crippen molar-refractivity contribution in [2.45, 2.75) is 38.1 Å². The Morgan fingerprint density at radius 2 is 2.19 bits per heavy atom. The molecule has 0 bridgehead atoms. The van der Waals surface area contributed by atoms with Gasteiger partial charge in [-0.1, -0.05) is 12.1 Å². The summed E-state index contributed by atoms with van der Waals surface area (Å²) >= 11 is 1.59. The maximum Gasteiger partial charge on any atom is 0.0592 e. The Balaban J connectivity index is 2.28. The molecule has 2 N–H and O–H groups in total. The number of nitrogens with zero attached hydrogens (tertiary/aromatic N) is 1. The highest BCUT2D eigenvalue weighted by atomic mass is 32.1. The monoisotopic (exact) mass is 232 g/mol. The van der Waals surface area contributed by atoms with E-state index in [1.165, 1.54) is 28.5 Å². The SMILES string of the molecule is Cc1nsc2cccc(C3(C(C)N)CC3)c12. The summed E-state index contributed by atoms with van der Waals surface area (Å²) in [5.41, 5.74) is 8.96. The first-order valence-corrected chi connectivity index (χ1v) is 6.53. The van der Waals surface area contributed by atoms with Gasteiger partial charge in [0, 0.05) is 16.8 Å². The smallest absolute Gasteiger partial charge is 0.0592 e. The zero-order valence-corrected chi connectivity index (χ0v) is 10.5. The Morgan fingerprint density at radius 1 is 1.44 bits per heavy atom. The van der Waals surface area contributed by atoms with E-state index in [1.54, 1.807) is 11.5 Å². The summed E-state index contributed by atoms with van der Waals surface area (Å²) in [6.45, 7) is 4.22. The largest absolute Gasteiger partial charge is 0.327 e. The molecule has 1 aliphatic rings. The van der Waals surface area contributed by atoms with E-state index >= 15 is 0 Å². The molecule has 1 fully saturated rings. The molecule has 0 radical (unpaired) electrons. The summed E-state index contributed by atoms with van der Waals surface area (Å²) < 4.78 is 5.75. The summed E-state index contributed by atoms with van der Waals surface area (Å²) in [6.07, 6.45) is 2.44. The van der Waals surface area contributed by atoms with Crippen LogP contribution in [0.5, 0.6) is 0 Å². The van der Waals surface area contributed by atoms with Crippen LogP contribution in [-0.2, 0) is 5.41 Å². The lowest BCUT2D eigenvalue weighted by Crippen LogP contribution is -2.31. The molecule has 1 aromatic heterocycles. The third kappa shape index (κ3) is 1.25. The summed E-state index contributed by atoms with van der Waals surface area (Å²) in [7, 11) is 0. The molecule has 0 amide bonds. The average molecular weight is 232 g/mol.